The molecule has 1 aliphatic rings. The first-order valence-corrected chi connectivity index (χ1v) is 3.29. The van der Waals surface area contributed by atoms with Gasteiger partial charge >= 0.3 is 0 Å². The fourth-order valence-corrected chi connectivity index (χ4v) is 0.884. The summed E-state index contributed by atoms with van der Waals surface area (Å²) in [6.07, 6.45) is 7.50. The molecule has 3 N–H and O–H groups in total. The third-order valence-corrected chi connectivity index (χ3v) is 1.25. The molecule has 0 spiro atoms. The molecule has 1 rings (SSSR count). The molecule has 2 nitrogen and oxygen atoms in total. The first-order chi connectivity index (χ1) is 3.91. The zero-order valence-electron chi connectivity index (χ0n) is 5.61. The van der Waals surface area contributed by atoms with Gasteiger partial charge in [-0.05, 0) is 7.05 Å². The Bertz CT molecular complexity index is 25.9. The van der Waals surface area contributed by atoms with Gasteiger partial charge in [0.15, 0.2) is 0 Å². The van der Waals surface area contributed by atoms with Crippen LogP contribution in [0.1, 0.15) is 32.1 Å². The number of hydrazine groups is 1. The van der Waals surface area contributed by atoms with Crippen LogP contribution in [-0.4, -0.2) is 7.05 Å². The van der Waals surface area contributed by atoms with Crippen LogP contribution in [0.25, 0.3) is 0 Å². The summed E-state index contributed by atoms with van der Waals surface area (Å²) in [6.45, 7) is 0. The minimum Gasteiger partial charge on any atom is -0.272 e. The largest absolute Gasteiger partial charge is 0.272 e. The maximum atomic E-state index is 4.60. The lowest BCUT2D eigenvalue weighted by molar-refractivity contribution is 0.886. The van der Waals surface area contributed by atoms with E-state index in [1.54, 1.807) is 7.05 Å². The summed E-state index contributed by atoms with van der Waals surface area (Å²) >= 11 is 0. The minimum atomic E-state index is 1.50. The molecule has 0 aromatic carbocycles. The van der Waals surface area contributed by atoms with Crippen molar-refractivity contribution in [1.29, 1.82) is 0 Å². The van der Waals surface area contributed by atoms with Gasteiger partial charge in [-0.1, -0.05) is 32.1 Å². The van der Waals surface area contributed by atoms with Gasteiger partial charge in [-0.2, -0.15) is 0 Å². The fourth-order valence-electron chi connectivity index (χ4n) is 0.884. The van der Waals surface area contributed by atoms with Crippen LogP contribution in [0.3, 0.4) is 0 Å². The summed E-state index contributed by atoms with van der Waals surface area (Å²) in [6, 6.07) is 0. The quantitative estimate of drug-likeness (QED) is 0.366. The molecule has 0 atom stereocenters. The highest BCUT2D eigenvalue weighted by molar-refractivity contribution is 4.51. The van der Waals surface area contributed by atoms with Crippen molar-refractivity contribution in [1.82, 2.24) is 5.43 Å². The smallest absolute Gasteiger partial charge is 0.00172 e. The van der Waals surface area contributed by atoms with Crippen LogP contribution in [-0.2, 0) is 0 Å². The van der Waals surface area contributed by atoms with Crippen molar-refractivity contribution in [2.45, 2.75) is 32.1 Å². The first-order valence-electron chi connectivity index (χ1n) is 3.29. The Balaban J connectivity index is 0.000000145. The summed E-state index contributed by atoms with van der Waals surface area (Å²) in [7, 11) is 1.65. The van der Waals surface area contributed by atoms with Crippen LogP contribution in [0, 0.1) is 0 Å². The Morgan fingerprint density at radius 2 is 1.12 bits per heavy atom. The Hall–Kier alpha value is -0.0800. The van der Waals surface area contributed by atoms with Crippen molar-refractivity contribution in [3.8, 4) is 0 Å². The Morgan fingerprint density at radius 3 is 1.25 bits per heavy atom. The van der Waals surface area contributed by atoms with E-state index in [-0.39, 0.29) is 0 Å². The van der Waals surface area contributed by atoms with Crippen LogP contribution in [0.5, 0.6) is 0 Å². The van der Waals surface area contributed by atoms with E-state index in [9.17, 15) is 0 Å². The number of nitrogens with two attached hydrogens (primary N) is 1. The summed E-state index contributed by atoms with van der Waals surface area (Å²) in [5, 5.41) is 0. The lowest BCUT2D eigenvalue weighted by Gasteiger charge is -1.67. The average molecular weight is 116 g/mol. The number of hydrogen-bond acceptors (Lipinski definition) is 2. The third-order valence-electron chi connectivity index (χ3n) is 1.25. The van der Waals surface area contributed by atoms with Gasteiger partial charge in [0.2, 0.25) is 0 Å². The zero-order chi connectivity index (χ0) is 6.24. The lowest BCUT2D eigenvalue weighted by atomic mass is 10.4. The SMILES string of the molecule is C1CCCC1.CNN. The highest BCUT2D eigenvalue weighted by atomic mass is 15.2. The van der Waals surface area contributed by atoms with Crippen LogP contribution in [0.15, 0.2) is 0 Å². The van der Waals surface area contributed by atoms with E-state index in [2.05, 4.69) is 11.3 Å². The van der Waals surface area contributed by atoms with E-state index in [4.69, 9.17) is 0 Å². The molecule has 0 bridgehead atoms. The van der Waals surface area contributed by atoms with E-state index < -0.39 is 0 Å². The second-order valence-corrected chi connectivity index (χ2v) is 2.06. The molecule has 1 aliphatic carbocycles. The molecule has 1 saturated carbocycles. The molecule has 0 amide bonds. The predicted molar refractivity (Wildman–Crippen MR) is 36.3 cm³/mol. The first kappa shape index (κ1) is 7.92. The van der Waals surface area contributed by atoms with E-state index in [1.807, 2.05) is 0 Å². The van der Waals surface area contributed by atoms with E-state index in [1.165, 1.54) is 32.1 Å². The molecule has 0 aliphatic heterocycles. The maximum absolute atomic E-state index is 4.60. The molecule has 0 radical (unpaired) electrons. The van der Waals surface area contributed by atoms with E-state index >= 15 is 0 Å². The molecule has 1 fully saturated rings. The molecule has 0 aromatic rings. The fraction of sp³-hybridized carbons (Fsp3) is 1.00. The van der Waals surface area contributed by atoms with Crippen LogP contribution in [0.2, 0.25) is 0 Å². The topological polar surface area (TPSA) is 38.0 Å². The van der Waals surface area contributed by atoms with Crippen molar-refractivity contribution in [2.75, 3.05) is 7.05 Å². The summed E-state index contributed by atoms with van der Waals surface area (Å²) in [4.78, 5) is 0. The lowest BCUT2D eigenvalue weighted by Crippen LogP contribution is -2.13. The van der Waals surface area contributed by atoms with Gasteiger partial charge in [0.05, 0.1) is 0 Å². The number of nitrogens with one attached hydrogen (secondary N) is 1. The van der Waals surface area contributed by atoms with Crippen LogP contribution < -0.4 is 11.3 Å². The monoisotopic (exact) mass is 116 g/mol. The van der Waals surface area contributed by atoms with Gasteiger partial charge in [-0.15, -0.1) is 0 Å². The predicted octanol–water partition coefficient (Wildman–Crippen LogP) is 1.03. The number of rotatable bonds is 0. The van der Waals surface area contributed by atoms with Gasteiger partial charge in [0.1, 0.15) is 0 Å². The average Bonchev–Trinajstić information content (AvgIpc) is 2.17. The van der Waals surface area contributed by atoms with Crippen molar-refractivity contribution in [2.24, 2.45) is 5.84 Å². The normalized spacial score (nSPS) is 17.2. The molecule has 50 valence electrons. The zero-order valence-corrected chi connectivity index (χ0v) is 5.61. The molecule has 8 heavy (non-hydrogen) atoms. The second-order valence-electron chi connectivity index (χ2n) is 2.06. The van der Waals surface area contributed by atoms with Gasteiger partial charge in [0, 0.05) is 0 Å². The summed E-state index contributed by atoms with van der Waals surface area (Å²) in [5.41, 5.74) is 2.25. The van der Waals surface area contributed by atoms with E-state index in [0.717, 1.165) is 0 Å². The van der Waals surface area contributed by atoms with Crippen molar-refractivity contribution < 1.29 is 0 Å². The second kappa shape index (κ2) is 6.92. The maximum Gasteiger partial charge on any atom is -0.00172 e. The Morgan fingerprint density at radius 1 is 1.00 bits per heavy atom. The molecular weight excluding hydrogens is 100 g/mol. The van der Waals surface area contributed by atoms with Gasteiger partial charge in [-0.3, -0.25) is 11.3 Å². The molecule has 0 heterocycles. The molecular formula is C6H16N2. The minimum absolute atomic E-state index is 1.50. The highest BCUT2D eigenvalue weighted by Crippen LogP contribution is 2.15. The van der Waals surface area contributed by atoms with Crippen LogP contribution in [0.4, 0.5) is 0 Å². The molecule has 0 aromatic heterocycles. The summed E-state index contributed by atoms with van der Waals surface area (Å²) < 4.78 is 0. The molecule has 0 unspecified atom stereocenters. The third kappa shape index (κ3) is 5.92. The summed E-state index contributed by atoms with van der Waals surface area (Å²) in [5.74, 6) is 4.60. The standard InChI is InChI=1S/C5H10.CH6N2/c1-2-4-5-3-1;1-3-2/h1-5H2;3H,2H2,1H3. The Kier molecular flexibility index (Phi) is 6.85. The highest BCUT2D eigenvalue weighted by Gasteiger charge is 1.95. The van der Waals surface area contributed by atoms with Crippen molar-refractivity contribution >= 4 is 0 Å². The van der Waals surface area contributed by atoms with Crippen molar-refractivity contribution in [3.05, 3.63) is 0 Å². The van der Waals surface area contributed by atoms with Gasteiger partial charge < -0.3 is 0 Å². The number of hydrogen-bond donors (Lipinski definition) is 2. The van der Waals surface area contributed by atoms with E-state index in [0.29, 0.717) is 0 Å². The van der Waals surface area contributed by atoms with Gasteiger partial charge in [0.25, 0.3) is 0 Å². The van der Waals surface area contributed by atoms with Crippen LogP contribution >= 0.6 is 0 Å². The molecule has 2 heteroatoms. The molecule has 0 saturated heterocycles. The Labute approximate surface area is 51.4 Å². The van der Waals surface area contributed by atoms with Crippen molar-refractivity contribution in [3.63, 3.8) is 0 Å². The van der Waals surface area contributed by atoms with Gasteiger partial charge in [-0.25, -0.2) is 0 Å².